The summed E-state index contributed by atoms with van der Waals surface area (Å²) in [5.74, 6) is 0.893. The van der Waals surface area contributed by atoms with Gasteiger partial charge < -0.3 is 10.1 Å². The summed E-state index contributed by atoms with van der Waals surface area (Å²) in [5, 5.41) is 7.83. The molecule has 1 aromatic heterocycles. The van der Waals surface area contributed by atoms with Crippen LogP contribution in [0.25, 0.3) is 0 Å². The predicted molar refractivity (Wildman–Crippen MR) is 85.4 cm³/mol. The molecule has 2 aromatic rings. The molecular formula is C17H25N3O. The quantitative estimate of drug-likeness (QED) is 0.849. The summed E-state index contributed by atoms with van der Waals surface area (Å²) in [7, 11) is 0. The molecule has 21 heavy (non-hydrogen) atoms. The van der Waals surface area contributed by atoms with Crippen LogP contribution in [-0.2, 0) is 19.7 Å². The Morgan fingerprint density at radius 1 is 1.24 bits per heavy atom. The zero-order valence-corrected chi connectivity index (χ0v) is 13.4. The Morgan fingerprint density at radius 2 is 1.95 bits per heavy atom. The first-order valence-electron chi connectivity index (χ1n) is 7.57. The summed E-state index contributed by atoms with van der Waals surface area (Å²) < 4.78 is 7.83. The minimum Gasteiger partial charge on any atom is -0.487 e. The first-order valence-corrected chi connectivity index (χ1v) is 7.57. The largest absolute Gasteiger partial charge is 0.487 e. The molecule has 0 radical (unpaired) electrons. The summed E-state index contributed by atoms with van der Waals surface area (Å²) in [6.07, 6.45) is 0. The van der Waals surface area contributed by atoms with E-state index in [0.29, 0.717) is 12.6 Å². The average molecular weight is 287 g/mol. The van der Waals surface area contributed by atoms with E-state index >= 15 is 0 Å². The summed E-state index contributed by atoms with van der Waals surface area (Å²) in [6, 6.07) is 10.8. The Labute approximate surface area is 127 Å². The number of benzene rings is 1. The SMILES string of the molecule is CCn1nc(C)cc1COc1ccc(CNC(C)C)cc1. The van der Waals surface area contributed by atoms with Crippen LogP contribution in [0, 0.1) is 6.92 Å². The number of hydrogen-bond donors (Lipinski definition) is 1. The zero-order chi connectivity index (χ0) is 15.2. The number of aromatic nitrogens is 2. The minimum absolute atomic E-state index is 0.499. The van der Waals surface area contributed by atoms with Gasteiger partial charge in [0.15, 0.2) is 0 Å². The molecule has 0 aliphatic carbocycles. The van der Waals surface area contributed by atoms with Gasteiger partial charge in [-0.2, -0.15) is 5.10 Å². The molecule has 0 unspecified atom stereocenters. The van der Waals surface area contributed by atoms with Gasteiger partial charge in [0.05, 0.1) is 11.4 Å². The highest BCUT2D eigenvalue weighted by Gasteiger charge is 2.05. The lowest BCUT2D eigenvalue weighted by atomic mass is 10.2. The van der Waals surface area contributed by atoms with E-state index in [1.165, 1.54) is 5.56 Å². The van der Waals surface area contributed by atoms with Gasteiger partial charge in [0.1, 0.15) is 12.4 Å². The van der Waals surface area contributed by atoms with Gasteiger partial charge in [0.25, 0.3) is 0 Å². The van der Waals surface area contributed by atoms with E-state index < -0.39 is 0 Å². The third-order valence-electron chi connectivity index (χ3n) is 3.31. The van der Waals surface area contributed by atoms with Crippen molar-refractivity contribution >= 4 is 0 Å². The highest BCUT2D eigenvalue weighted by Crippen LogP contribution is 2.15. The number of aryl methyl sites for hydroxylation is 2. The van der Waals surface area contributed by atoms with Crippen molar-refractivity contribution in [1.29, 1.82) is 0 Å². The molecule has 1 aromatic carbocycles. The summed E-state index contributed by atoms with van der Waals surface area (Å²) in [6.45, 7) is 10.7. The molecule has 2 rings (SSSR count). The second-order valence-corrected chi connectivity index (χ2v) is 5.56. The molecule has 0 aliphatic rings. The van der Waals surface area contributed by atoms with E-state index in [1.54, 1.807) is 0 Å². The van der Waals surface area contributed by atoms with Crippen LogP contribution < -0.4 is 10.1 Å². The fourth-order valence-electron chi connectivity index (χ4n) is 2.17. The zero-order valence-electron chi connectivity index (χ0n) is 13.4. The maximum Gasteiger partial charge on any atom is 0.130 e. The van der Waals surface area contributed by atoms with Gasteiger partial charge in [0.2, 0.25) is 0 Å². The van der Waals surface area contributed by atoms with Crippen molar-refractivity contribution in [2.45, 2.75) is 53.4 Å². The van der Waals surface area contributed by atoms with Gasteiger partial charge >= 0.3 is 0 Å². The molecule has 0 saturated heterocycles. The molecule has 0 spiro atoms. The van der Waals surface area contributed by atoms with Crippen LogP contribution in [0.15, 0.2) is 30.3 Å². The van der Waals surface area contributed by atoms with Crippen LogP contribution in [0.2, 0.25) is 0 Å². The summed E-state index contributed by atoms with van der Waals surface area (Å²) >= 11 is 0. The molecule has 1 heterocycles. The molecule has 4 nitrogen and oxygen atoms in total. The topological polar surface area (TPSA) is 39.1 Å². The second kappa shape index (κ2) is 7.27. The van der Waals surface area contributed by atoms with Gasteiger partial charge in [0, 0.05) is 19.1 Å². The first kappa shape index (κ1) is 15.6. The van der Waals surface area contributed by atoms with Gasteiger partial charge in [-0.3, -0.25) is 4.68 Å². The molecule has 1 N–H and O–H groups in total. The predicted octanol–water partition coefficient (Wildman–Crippen LogP) is 3.29. The fraction of sp³-hybridized carbons (Fsp3) is 0.471. The van der Waals surface area contributed by atoms with E-state index in [0.717, 1.165) is 30.2 Å². The van der Waals surface area contributed by atoms with Crippen molar-refractivity contribution in [3.8, 4) is 5.75 Å². The number of rotatable bonds is 7. The smallest absolute Gasteiger partial charge is 0.130 e. The van der Waals surface area contributed by atoms with Crippen molar-refractivity contribution in [3.63, 3.8) is 0 Å². The van der Waals surface area contributed by atoms with Gasteiger partial charge in [-0.15, -0.1) is 0 Å². The summed E-state index contributed by atoms with van der Waals surface area (Å²) in [5.41, 5.74) is 3.41. The van der Waals surface area contributed by atoms with Crippen molar-refractivity contribution in [2.24, 2.45) is 0 Å². The molecule has 0 fully saturated rings. The van der Waals surface area contributed by atoms with E-state index in [1.807, 2.05) is 23.7 Å². The lowest BCUT2D eigenvalue weighted by molar-refractivity contribution is 0.292. The Bertz CT molecular complexity index is 558. The molecule has 0 atom stereocenters. The first-order chi connectivity index (χ1) is 10.1. The molecule has 4 heteroatoms. The highest BCUT2D eigenvalue weighted by molar-refractivity contribution is 5.27. The Hall–Kier alpha value is -1.81. The van der Waals surface area contributed by atoms with Crippen molar-refractivity contribution < 1.29 is 4.74 Å². The Kier molecular flexibility index (Phi) is 5.39. The Morgan fingerprint density at radius 3 is 2.57 bits per heavy atom. The second-order valence-electron chi connectivity index (χ2n) is 5.56. The number of nitrogens with one attached hydrogen (secondary N) is 1. The van der Waals surface area contributed by atoms with E-state index in [-0.39, 0.29) is 0 Å². The molecule has 114 valence electrons. The minimum atomic E-state index is 0.499. The lowest BCUT2D eigenvalue weighted by Crippen LogP contribution is -2.21. The van der Waals surface area contributed by atoms with Crippen LogP contribution in [0.1, 0.15) is 37.7 Å². The van der Waals surface area contributed by atoms with Crippen LogP contribution in [0.4, 0.5) is 0 Å². The third-order valence-corrected chi connectivity index (χ3v) is 3.31. The number of nitrogens with zero attached hydrogens (tertiary/aromatic N) is 2. The van der Waals surface area contributed by atoms with Gasteiger partial charge in [-0.1, -0.05) is 26.0 Å². The van der Waals surface area contributed by atoms with Crippen molar-refractivity contribution in [1.82, 2.24) is 15.1 Å². The average Bonchev–Trinajstić information content (AvgIpc) is 2.84. The van der Waals surface area contributed by atoms with Crippen LogP contribution in [-0.4, -0.2) is 15.8 Å². The van der Waals surface area contributed by atoms with Crippen LogP contribution in [0.5, 0.6) is 5.75 Å². The van der Waals surface area contributed by atoms with Gasteiger partial charge in [-0.05, 0) is 37.6 Å². The molecule has 0 saturated carbocycles. The van der Waals surface area contributed by atoms with Crippen molar-refractivity contribution in [3.05, 3.63) is 47.3 Å². The molecule has 0 bridgehead atoms. The normalized spacial score (nSPS) is 11.1. The third kappa shape index (κ3) is 4.60. The maximum atomic E-state index is 5.85. The summed E-state index contributed by atoms with van der Waals surface area (Å²) in [4.78, 5) is 0. The highest BCUT2D eigenvalue weighted by atomic mass is 16.5. The number of hydrogen-bond acceptors (Lipinski definition) is 3. The monoisotopic (exact) mass is 287 g/mol. The number of ether oxygens (including phenoxy) is 1. The molecule has 0 amide bonds. The Balaban J connectivity index is 1.91. The molecule has 0 aliphatic heterocycles. The van der Waals surface area contributed by atoms with Crippen LogP contribution >= 0.6 is 0 Å². The van der Waals surface area contributed by atoms with E-state index in [2.05, 4.69) is 49.4 Å². The standard InChI is InChI=1S/C17H25N3O/c1-5-20-16(10-14(4)19-20)12-21-17-8-6-15(7-9-17)11-18-13(2)3/h6-10,13,18H,5,11-12H2,1-4H3. The van der Waals surface area contributed by atoms with Crippen LogP contribution in [0.3, 0.4) is 0 Å². The maximum absolute atomic E-state index is 5.85. The van der Waals surface area contributed by atoms with Gasteiger partial charge in [-0.25, -0.2) is 0 Å². The fourth-order valence-corrected chi connectivity index (χ4v) is 2.17. The van der Waals surface area contributed by atoms with E-state index in [9.17, 15) is 0 Å². The van der Waals surface area contributed by atoms with Crippen molar-refractivity contribution in [2.75, 3.05) is 0 Å². The lowest BCUT2D eigenvalue weighted by Gasteiger charge is -2.10. The van der Waals surface area contributed by atoms with E-state index in [4.69, 9.17) is 4.74 Å². The molecular weight excluding hydrogens is 262 g/mol.